The highest BCUT2D eigenvalue weighted by Crippen LogP contribution is 2.35. The van der Waals surface area contributed by atoms with Crippen molar-refractivity contribution in [3.8, 4) is 34.8 Å². The lowest BCUT2D eigenvalue weighted by Gasteiger charge is -2.23. The van der Waals surface area contributed by atoms with E-state index >= 15 is 0 Å². The Balaban J connectivity index is 0.000000183. The number of benzene rings is 4. The van der Waals surface area contributed by atoms with E-state index in [0.717, 1.165) is 50.6 Å². The molecule has 1 aliphatic heterocycles. The summed E-state index contributed by atoms with van der Waals surface area (Å²) in [5.74, 6) is -2.77. The van der Waals surface area contributed by atoms with Gasteiger partial charge in [-0.1, -0.05) is 61.8 Å². The number of aliphatic carboxylic acids is 1. The first-order chi connectivity index (χ1) is 40.3. The van der Waals surface area contributed by atoms with Gasteiger partial charge < -0.3 is 49.4 Å². The van der Waals surface area contributed by atoms with Crippen LogP contribution in [0, 0.1) is 5.92 Å². The number of imide groups is 1. The molecule has 3 aliphatic rings. The lowest BCUT2D eigenvalue weighted by molar-refractivity contribution is -0.174. The van der Waals surface area contributed by atoms with Crippen molar-refractivity contribution < 1.29 is 79.2 Å². The zero-order valence-corrected chi connectivity index (χ0v) is 48.5. The molecule has 2 saturated carbocycles. The maximum Gasteiger partial charge on any atom is 0.372 e. The number of rotatable bonds is 19. The average Bonchev–Trinajstić information content (AvgIpc) is 3.74. The number of methoxy groups -OCH3 is 6. The summed E-state index contributed by atoms with van der Waals surface area (Å²) in [7, 11) is 0.819. The van der Waals surface area contributed by atoms with Crippen molar-refractivity contribution in [2.45, 2.75) is 86.5 Å². The molecule has 0 unspecified atom stereocenters. The Bertz CT molecular complexity index is 3430. The summed E-state index contributed by atoms with van der Waals surface area (Å²) in [6, 6.07) is 24.4. The second-order valence-corrected chi connectivity index (χ2v) is 21.9. The molecule has 6 aromatic rings. The molecule has 6 N–H and O–H groups in total. The Labute approximate surface area is 485 Å². The minimum atomic E-state index is -3.82. The van der Waals surface area contributed by atoms with Gasteiger partial charge in [-0.2, -0.15) is 9.97 Å². The molecule has 2 aromatic heterocycles. The summed E-state index contributed by atoms with van der Waals surface area (Å²) >= 11 is 0. The van der Waals surface area contributed by atoms with E-state index < -0.39 is 49.6 Å². The van der Waals surface area contributed by atoms with Crippen molar-refractivity contribution in [3.63, 3.8) is 0 Å². The third-order valence-corrected chi connectivity index (χ3v) is 15.8. The van der Waals surface area contributed by atoms with Gasteiger partial charge >= 0.3 is 11.9 Å². The fourth-order valence-corrected chi connectivity index (χ4v) is 10.9. The first-order valence-corrected chi connectivity index (χ1v) is 29.0. The molecule has 9 rings (SSSR count). The van der Waals surface area contributed by atoms with Crippen molar-refractivity contribution in [1.82, 2.24) is 25.0 Å². The van der Waals surface area contributed by atoms with E-state index in [4.69, 9.17) is 44.1 Å². The summed E-state index contributed by atoms with van der Waals surface area (Å²) in [6.07, 6.45) is 12.8. The fourth-order valence-electron chi connectivity index (χ4n) is 8.84. The van der Waals surface area contributed by atoms with Crippen molar-refractivity contribution in [2.24, 2.45) is 5.92 Å². The van der Waals surface area contributed by atoms with Crippen LogP contribution in [0.4, 0.5) is 23.0 Å². The maximum atomic E-state index is 12.7. The average molecular weight is 1200 g/mol. The van der Waals surface area contributed by atoms with Gasteiger partial charge in [-0.15, -0.1) is 0 Å². The van der Waals surface area contributed by atoms with E-state index in [-0.39, 0.29) is 68.2 Å². The number of fused-ring (bicyclic) bond motifs is 1. The number of carboxylic acids is 1. The number of amides is 2. The number of aromatic nitrogens is 4. The molecule has 2 fully saturated rings. The number of nitrogens with two attached hydrogens (primary N) is 1. The number of Topliss-reactive ketones (excluding diaryl/α,β-unsaturated/α-hetero) is 1. The van der Waals surface area contributed by atoms with Crippen molar-refractivity contribution in [2.75, 3.05) is 63.2 Å². The van der Waals surface area contributed by atoms with Crippen LogP contribution in [0.2, 0.25) is 0 Å². The molecule has 0 bridgehead atoms. The second-order valence-electron chi connectivity index (χ2n) is 18.6. The van der Waals surface area contributed by atoms with Crippen LogP contribution in [0.1, 0.15) is 90.5 Å². The van der Waals surface area contributed by atoms with Crippen LogP contribution in [0.3, 0.4) is 0 Å². The van der Waals surface area contributed by atoms with Crippen LogP contribution >= 0.6 is 0 Å². The van der Waals surface area contributed by atoms with E-state index in [2.05, 4.69) is 34.7 Å². The van der Waals surface area contributed by atoms with E-state index in [1.54, 1.807) is 66.7 Å². The molecular formula is C56H65N9O17S2. The Kier molecular flexibility index (Phi) is 22.9. The Hall–Kier alpha value is -9.31. The number of carbonyl (C=O) groups excluding carboxylic acids is 4. The number of hydroxylamine groups is 2. The molecule has 0 radical (unpaired) electrons. The van der Waals surface area contributed by atoms with Gasteiger partial charge in [-0.25, -0.2) is 36.4 Å². The molecule has 2 aliphatic carbocycles. The largest absolute Gasteiger partial charge is 0.496 e. The quantitative estimate of drug-likeness (QED) is 0.0305. The number of hydrogen-bond donors (Lipinski definition) is 5. The van der Waals surface area contributed by atoms with Crippen molar-refractivity contribution in [1.29, 1.82) is 0 Å². The summed E-state index contributed by atoms with van der Waals surface area (Å²) in [5.41, 5.74) is 7.94. The molecule has 4 aromatic carbocycles. The number of ketones is 1. The molecule has 3 heterocycles. The molecule has 84 heavy (non-hydrogen) atoms. The zero-order chi connectivity index (χ0) is 61.0. The Morgan fingerprint density at radius 2 is 1.04 bits per heavy atom. The number of nitrogens with zero attached hydrogens (tertiary/aromatic N) is 5. The number of hydrogen-bond acceptors (Lipinski definition) is 22. The third kappa shape index (κ3) is 16.7. The van der Waals surface area contributed by atoms with Crippen LogP contribution in [0.25, 0.3) is 0 Å². The van der Waals surface area contributed by atoms with Gasteiger partial charge in [0.1, 0.15) is 24.2 Å². The zero-order valence-electron chi connectivity index (χ0n) is 46.9. The summed E-state index contributed by atoms with van der Waals surface area (Å²) < 4.78 is 85.0. The van der Waals surface area contributed by atoms with Crippen LogP contribution in [-0.4, -0.2) is 125 Å². The summed E-state index contributed by atoms with van der Waals surface area (Å²) in [6.45, 7) is 0. The summed E-state index contributed by atoms with van der Waals surface area (Å²) in [5, 5.41) is 12.6. The number of carbonyl (C=O) groups is 5. The van der Waals surface area contributed by atoms with Crippen LogP contribution in [0.5, 0.6) is 34.8 Å². The van der Waals surface area contributed by atoms with Gasteiger partial charge in [-0.05, 0) is 98.5 Å². The molecule has 448 valence electrons. The molecule has 0 atom stereocenters. The lowest BCUT2D eigenvalue weighted by atomic mass is 9.89. The topological polar surface area (TPSA) is 355 Å². The molecule has 26 nitrogen and oxygen atoms in total. The maximum absolute atomic E-state index is 12.7. The van der Waals surface area contributed by atoms with E-state index in [0.29, 0.717) is 33.9 Å². The van der Waals surface area contributed by atoms with Crippen LogP contribution in [0.15, 0.2) is 113 Å². The first-order valence-electron chi connectivity index (χ1n) is 26.1. The molecule has 2 amide bonds. The van der Waals surface area contributed by atoms with Crippen LogP contribution < -0.4 is 48.9 Å². The van der Waals surface area contributed by atoms with Gasteiger partial charge in [0, 0.05) is 23.0 Å². The van der Waals surface area contributed by atoms with Crippen molar-refractivity contribution >= 4 is 72.6 Å². The molecule has 0 spiro atoms. The second kappa shape index (κ2) is 30.1. The highest BCUT2D eigenvalue weighted by molar-refractivity contribution is 7.93. The monoisotopic (exact) mass is 1200 g/mol. The van der Waals surface area contributed by atoms with Gasteiger partial charge in [0.05, 0.1) is 75.9 Å². The lowest BCUT2D eigenvalue weighted by Crippen LogP contribution is -2.35. The van der Waals surface area contributed by atoms with E-state index in [1.807, 2.05) is 0 Å². The highest BCUT2D eigenvalue weighted by atomic mass is 32.2. The Morgan fingerprint density at radius 1 is 0.583 bits per heavy atom. The molecule has 0 saturated heterocycles. The van der Waals surface area contributed by atoms with Gasteiger partial charge in [-0.3, -0.25) is 23.8 Å². The molecule has 28 heteroatoms. The predicted molar refractivity (Wildman–Crippen MR) is 305 cm³/mol. The minimum absolute atomic E-state index is 0.0128. The van der Waals surface area contributed by atoms with E-state index in [1.165, 1.54) is 98.8 Å². The number of sulfonamides is 2. The third-order valence-electron chi connectivity index (χ3n) is 13.1. The normalized spacial score (nSPS) is 14.0. The van der Waals surface area contributed by atoms with Gasteiger partial charge in [0.25, 0.3) is 43.6 Å². The summed E-state index contributed by atoms with van der Waals surface area (Å²) in [4.78, 5) is 78.5. The Morgan fingerprint density at radius 3 is 1.46 bits per heavy atom. The number of ether oxygens (including phenoxy) is 6. The number of anilines is 4. The predicted octanol–water partition coefficient (Wildman–Crippen LogP) is 7.14. The number of carboxylic acid groups (broad SMARTS) is 1. The van der Waals surface area contributed by atoms with Crippen LogP contribution in [-0.2, 0) is 45.7 Å². The van der Waals surface area contributed by atoms with Gasteiger partial charge in [0.2, 0.25) is 17.3 Å². The molecular weight excluding hydrogens is 1130 g/mol. The smallest absolute Gasteiger partial charge is 0.372 e. The van der Waals surface area contributed by atoms with Crippen molar-refractivity contribution in [3.05, 3.63) is 120 Å². The van der Waals surface area contributed by atoms with Gasteiger partial charge in [0.15, 0.2) is 11.6 Å². The van der Waals surface area contributed by atoms with E-state index in [9.17, 15) is 40.8 Å². The standard InChI is InChI=1S/C18H24N4O4S.C15H15NO4.C12H14N4O4S.C11H12O5/c1-25-16-17(19-12-20-18(16)26-2)22-27(23,24)15-10-8-14(9-11-15)21-13-6-4-3-5-7-13;17-13-11-8-4-5-9-12(11)14(18)16(13)20-15(19)10-6-2-1-3-7-10;1-19-10-11(14-7-15-12(10)20-2)16-21(17,18)9-5-3-8(13)4-6-9;1-15-9-4-3-5-10(16-2)7(9)6-8(12)11(13)14/h8-13,21H,3-7H2,1-2H3,(H,19,20,22);4-5,8-10H,1-3,6-7H2;3-7H,13H2,1-2H3,(H,14,15,16);3-5H,6H2,1-2H3,(H,13,14). The first kappa shape index (κ1) is 63.9. The highest BCUT2D eigenvalue weighted by Gasteiger charge is 2.40. The minimum Gasteiger partial charge on any atom is -0.496 e. The fraction of sp³-hybridized carbons (Fsp3) is 0.339. The number of nitrogens with one attached hydrogen (secondary N) is 3. The number of nitrogen functional groups attached to an aromatic ring is 1. The SMILES string of the molecule is COc1cccc(OC)c1CC(=O)C(=O)O.COc1ncnc(NS(=O)(=O)c2ccc(N)cc2)c1OC.COc1ncnc(NS(=O)(=O)c2ccc(NC3CCCCC3)cc2)c1OC.O=C(ON1C(=O)c2ccccc2C1=O)C1CCCCC1.